The topological polar surface area (TPSA) is 73.7 Å². The second kappa shape index (κ2) is 6.48. The Morgan fingerprint density at radius 2 is 2.00 bits per heavy atom. The predicted molar refractivity (Wildman–Crippen MR) is 86.7 cm³/mol. The average Bonchev–Trinajstić information content (AvgIpc) is 3.08. The zero-order chi connectivity index (χ0) is 13.8. The van der Waals surface area contributed by atoms with Crippen LogP contribution in [0.4, 0.5) is 0 Å². The number of thioether (sulfide) groups is 2. The third kappa shape index (κ3) is 4.58. The van der Waals surface area contributed by atoms with Gasteiger partial charge in [0.1, 0.15) is 0 Å². The van der Waals surface area contributed by atoms with Crippen LogP contribution in [0.2, 0.25) is 0 Å². The fraction of sp³-hybridized carbons (Fsp3) is 0.429. The molecule has 0 heterocycles. The van der Waals surface area contributed by atoms with Gasteiger partial charge in [-0.2, -0.15) is 0 Å². The van der Waals surface area contributed by atoms with E-state index in [4.69, 9.17) is 16.6 Å². The molecular weight excluding hydrogens is 274 g/mol. The maximum absolute atomic E-state index is 7.50. The van der Waals surface area contributed by atoms with E-state index in [-0.39, 0.29) is 5.17 Å². The fourth-order valence-corrected chi connectivity index (χ4v) is 3.73. The molecule has 2 atom stereocenters. The van der Waals surface area contributed by atoms with Crippen LogP contribution in [0.15, 0.2) is 24.3 Å². The summed E-state index contributed by atoms with van der Waals surface area (Å²) in [5, 5.41) is 16.2. The first kappa shape index (κ1) is 14.5. The van der Waals surface area contributed by atoms with E-state index in [0.717, 1.165) is 12.2 Å². The van der Waals surface area contributed by atoms with Crippen molar-refractivity contribution in [1.82, 2.24) is 0 Å². The van der Waals surface area contributed by atoms with Crippen LogP contribution >= 0.6 is 23.5 Å². The molecule has 19 heavy (non-hydrogen) atoms. The first-order chi connectivity index (χ1) is 9.06. The highest BCUT2D eigenvalue weighted by atomic mass is 32.2. The molecule has 1 fully saturated rings. The molecule has 2 unspecified atom stereocenters. The minimum Gasteiger partial charge on any atom is -0.379 e. The molecule has 2 rings (SSSR count). The van der Waals surface area contributed by atoms with Crippen LogP contribution in [-0.2, 0) is 6.42 Å². The highest BCUT2D eigenvalue weighted by molar-refractivity contribution is 8.14. The first-order valence-electron chi connectivity index (χ1n) is 6.33. The summed E-state index contributed by atoms with van der Waals surface area (Å²) in [7, 11) is 0. The zero-order valence-corrected chi connectivity index (χ0v) is 12.6. The molecule has 1 aromatic rings. The Kier molecular flexibility index (Phi) is 4.93. The lowest BCUT2D eigenvalue weighted by Gasteiger charge is -2.04. The molecule has 0 spiro atoms. The van der Waals surface area contributed by atoms with Gasteiger partial charge in [0.2, 0.25) is 0 Å². The van der Waals surface area contributed by atoms with Gasteiger partial charge < -0.3 is 5.73 Å². The van der Waals surface area contributed by atoms with E-state index < -0.39 is 0 Å². The van der Waals surface area contributed by atoms with Crippen LogP contribution in [0.25, 0.3) is 0 Å². The summed E-state index contributed by atoms with van der Waals surface area (Å²) < 4.78 is 0. The Balaban J connectivity index is 1.82. The first-order valence-corrected chi connectivity index (χ1v) is 8.20. The van der Waals surface area contributed by atoms with Gasteiger partial charge >= 0.3 is 0 Å². The molecule has 4 N–H and O–H groups in total. The molecule has 3 nitrogen and oxygen atoms in total. The number of nitrogens with one attached hydrogen (secondary N) is 2. The predicted octanol–water partition coefficient (Wildman–Crippen LogP) is 3.44. The van der Waals surface area contributed by atoms with Crippen molar-refractivity contribution >= 4 is 33.7 Å². The molecule has 1 aliphatic rings. The summed E-state index contributed by atoms with van der Waals surface area (Å²) in [5.41, 5.74) is 8.00. The molecule has 0 radical (unpaired) electrons. The van der Waals surface area contributed by atoms with Gasteiger partial charge in [0.05, 0.1) is 5.04 Å². The van der Waals surface area contributed by atoms with Crippen LogP contribution in [0.3, 0.4) is 0 Å². The van der Waals surface area contributed by atoms with E-state index in [0.29, 0.717) is 16.2 Å². The normalized spacial score (nSPS) is 21.1. The monoisotopic (exact) mass is 293 g/mol. The van der Waals surface area contributed by atoms with Crippen molar-refractivity contribution in [2.45, 2.75) is 30.9 Å². The minimum atomic E-state index is 0.191. The molecule has 0 bridgehead atoms. The number of amidine groups is 1. The quantitative estimate of drug-likeness (QED) is 0.575. The Morgan fingerprint density at radius 3 is 2.58 bits per heavy atom. The van der Waals surface area contributed by atoms with E-state index in [1.807, 2.05) is 6.92 Å². The lowest BCUT2D eigenvalue weighted by molar-refractivity contribution is 1.10. The van der Waals surface area contributed by atoms with Crippen molar-refractivity contribution in [2.24, 2.45) is 5.73 Å². The van der Waals surface area contributed by atoms with Gasteiger partial charge in [-0.15, -0.1) is 11.8 Å². The highest BCUT2D eigenvalue weighted by Crippen LogP contribution is 2.49. The van der Waals surface area contributed by atoms with Gasteiger partial charge in [-0.25, -0.2) is 0 Å². The molecule has 0 saturated heterocycles. The molecule has 0 amide bonds. The lowest BCUT2D eigenvalue weighted by Crippen LogP contribution is -2.05. The van der Waals surface area contributed by atoms with E-state index in [2.05, 4.69) is 24.3 Å². The van der Waals surface area contributed by atoms with Crippen molar-refractivity contribution in [3.8, 4) is 0 Å². The summed E-state index contributed by atoms with van der Waals surface area (Å²) in [6, 6.07) is 8.76. The second-order valence-corrected chi connectivity index (χ2v) is 7.35. The third-order valence-corrected chi connectivity index (χ3v) is 5.01. The lowest BCUT2D eigenvalue weighted by atomic mass is 10.1. The summed E-state index contributed by atoms with van der Waals surface area (Å²) in [6.45, 7) is 1.86. The number of nitrogens with two attached hydrogens (primary N) is 1. The Hall–Kier alpha value is -0.940. The Labute approximate surface area is 122 Å². The van der Waals surface area contributed by atoms with Crippen LogP contribution in [-0.4, -0.2) is 21.2 Å². The summed E-state index contributed by atoms with van der Waals surface area (Å²) in [6.07, 6.45) is 2.15. The number of benzene rings is 1. The molecule has 1 aliphatic carbocycles. The molecule has 0 aromatic heterocycles. The van der Waals surface area contributed by atoms with Crippen LogP contribution < -0.4 is 5.73 Å². The van der Waals surface area contributed by atoms with Gasteiger partial charge in [-0.3, -0.25) is 10.8 Å². The third-order valence-electron chi connectivity index (χ3n) is 3.12. The summed E-state index contributed by atoms with van der Waals surface area (Å²) in [4.78, 5) is 0. The van der Waals surface area contributed by atoms with Gasteiger partial charge in [-0.1, -0.05) is 36.0 Å². The zero-order valence-electron chi connectivity index (χ0n) is 11.0. The Morgan fingerprint density at radius 1 is 1.32 bits per heavy atom. The van der Waals surface area contributed by atoms with Crippen molar-refractivity contribution in [1.29, 1.82) is 10.8 Å². The van der Waals surface area contributed by atoms with E-state index in [9.17, 15) is 0 Å². The standard InChI is InChI=1S/C14H19N3S2/c1-9(15)19-13-8-12(13)11-4-2-10(3-5-11)6-7-18-14(16)17/h2-5,12-13,15H,6-8H2,1H3,(H3,16,17). The van der Waals surface area contributed by atoms with Gasteiger partial charge in [0, 0.05) is 11.0 Å². The van der Waals surface area contributed by atoms with Gasteiger partial charge in [0.15, 0.2) is 5.17 Å². The van der Waals surface area contributed by atoms with Gasteiger partial charge in [-0.05, 0) is 36.8 Å². The number of hydrogen-bond acceptors (Lipinski definition) is 4. The van der Waals surface area contributed by atoms with Crippen molar-refractivity contribution in [2.75, 3.05) is 5.75 Å². The van der Waals surface area contributed by atoms with Crippen molar-refractivity contribution in [3.05, 3.63) is 35.4 Å². The molecule has 102 valence electrons. The number of hydrogen-bond donors (Lipinski definition) is 3. The van der Waals surface area contributed by atoms with Crippen molar-refractivity contribution < 1.29 is 0 Å². The molecule has 0 aliphatic heterocycles. The van der Waals surface area contributed by atoms with E-state index in [1.165, 1.54) is 29.3 Å². The summed E-state index contributed by atoms with van der Waals surface area (Å²) in [5.74, 6) is 1.50. The smallest absolute Gasteiger partial charge is 0.151 e. The molecule has 1 saturated carbocycles. The molecule has 5 heteroatoms. The second-order valence-electron chi connectivity index (χ2n) is 4.76. The average molecular weight is 293 g/mol. The fourth-order valence-electron chi connectivity index (χ4n) is 2.09. The van der Waals surface area contributed by atoms with E-state index >= 15 is 0 Å². The highest BCUT2D eigenvalue weighted by Gasteiger charge is 2.39. The number of aryl methyl sites for hydroxylation is 1. The maximum atomic E-state index is 7.50. The van der Waals surface area contributed by atoms with Crippen LogP contribution in [0.5, 0.6) is 0 Å². The van der Waals surface area contributed by atoms with Crippen molar-refractivity contribution in [3.63, 3.8) is 0 Å². The summed E-state index contributed by atoms with van der Waals surface area (Å²) >= 11 is 3.08. The SMILES string of the molecule is CC(=N)SC1CC1c1ccc(CCSC(=N)N)cc1. The molecule has 1 aromatic carbocycles. The number of rotatable bonds is 5. The van der Waals surface area contributed by atoms with Crippen LogP contribution in [0.1, 0.15) is 30.4 Å². The van der Waals surface area contributed by atoms with Crippen LogP contribution in [0, 0.1) is 10.8 Å². The Bertz CT molecular complexity index is 470. The van der Waals surface area contributed by atoms with Gasteiger partial charge in [0.25, 0.3) is 0 Å². The minimum absolute atomic E-state index is 0.191. The molecular formula is C14H19N3S2. The largest absolute Gasteiger partial charge is 0.379 e. The maximum Gasteiger partial charge on any atom is 0.151 e. The van der Waals surface area contributed by atoms with E-state index in [1.54, 1.807) is 11.8 Å².